The fraction of sp³-hybridized carbons (Fsp3) is 0.464. The molecule has 46 heavy (non-hydrogen) atoms. The number of hydrogen-bond acceptors (Lipinski definition) is 7. The maximum absolute atomic E-state index is 13.9. The molecule has 2 amide bonds. The first kappa shape index (κ1) is 34.2. The van der Waals surface area contributed by atoms with Crippen LogP contribution in [0.15, 0.2) is 24.3 Å². The molecule has 1 aliphatic carbocycles. The fourth-order valence-corrected chi connectivity index (χ4v) is 4.96. The molecular weight excluding hydrogens is 634 g/mol. The minimum atomic E-state index is -4.81. The zero-order valence-corrected chi connectivity index (χ0v) is 24.0. The van der Waals surface area contributed by atoms with Gasteiger partial charge in [-0.05, 0) is 49.4 Å². The van der Waals surface area contributed by atoms with Crippen molar-refractivity contribution in [2.24, 2.45) is 13.0 Å². The number of ether oxygens (including phenoxy) is 1. The Morgan fingerprint density at radius 3 is 2.39 bits per heavy atom. The molecular formula is C28H27F8N7O3. The molecule has 3 N–H and O–H groups in total. The second-order valence-electron chi connectivity index (χ2n) is 10.6. The molecule has 0 atom stereocenters. The third kappa shape index (κ3) is 8.31. The number of fused-ring (bicyclic) bond motifs is 1. The minimum Gasteiger partial charge on any atom is -0.471 e. The molecule has 0 saturated heterocycles. The van der Waals surface area contributed by atoms with E-state index in [0.29, 0.717) is 0 Å². The third-order valence-electron chi connectivity index (χ3n) is 7.29. The first-order chi connectivity index (χ1) is 21.6. The summed E-state index contributed by atoms with van der Waals surface area (Å²) in [6.07, 6.45) is -12.9. The van der Waals surface area contributed by atoms with Crippen molar-refractivity contribution in [1.29, 1.82) is 5.26 Å². The Kier molecular flexibility index (Phi) is 10.2. The molecule has 4 rings (SSSR count). The highest BCUT2D eigenvalue weighted by Gasteiger charge is 2.41. The van der Waals surface area contributed by atoms with Crippen molar-refractivity contribution in [3.05, 3.63) is 41.0 Å². The number of nitrogens with one attached hydrogen (secondary N) is 3. The topological polar surface area (TPSA) is 134 Å². The molecule has 0 unspecified atom stereocenters. The summed E-state index contributed by atoms with van der Waals surface area (Å²) in [5.41, 5.74) is -1.72. The summed E-state index contributed by atoms with van der Waals surface area (Å²) >= 11 is 0. The largest absolute Gasteiger partial charge is 0.471 e. The van der Waals surface area contributed by atoms with Gasteiger partial charge in [0.2, 0.25) is 17.7 Å². The van der Waals surface area contributed by atoms with E-state index < -0.39 is 72.7 Å². The van der Waals surface area contributed by atoms with Gasteiger partial charge in [-0.1, -0.05) is 6.07 Å². The molecule has 1 fully saturated rings. The normalized spacial score (nSPS) is 17.1. The van der Waals surface area contributed by atoms with E-state index in [1.807, 2.05) is 0 Å². The van der Waals surface area contributed by atoms with Gasteiger partial charge in [0.1, 0.15) is 17.5 Å². The van der Waals surface area contributed by atoms with E-state index >= 15 is 0 Å². The Morgan fingerprint density at radius 1 is 1.09 bits per heavy atom. The molecule has 2 aromatic heterocycles. The Bertz CT molecular complexity index is 1620. The number of nitriles is 1. The van der Waals surface area contributed by atoms with Gasteiger partial charge < -0.3 is 20.7 Å². The van der Waals surface area contributed by atoms with Crippen LogP contribution >= 0.6 is 0 Å². The van der Waals surface area contributed by atoms with Gasteiger partial charge in [-0.3, -0.25) is 14.2 Å². The molecule has 1 aliphatic rings. The minimum absolute atomic E-state index is 0.0269. The summed E-state index contributed by atoms with van der Waals surface area (Å²) in [6, 6.07) is 5.20. The molecule has 0 bridgehead atoms. The molecule has 0 aliphatic heterocycles. The van der Waals surface area contributed by atoms with Crippen LogP contribution in [0.5, 0.6) is 5.88 Å². The fourth-order valence-electron chi connectivity index (χ4n) is 4.96. The van der Waals surface area contributed by atoms with E-state index in [4.69, 9.17) is 10.00 Å². The van der Waals surface area contributed by atoms with Crippen molar-refractivity contribution in [1.82, 2.24) is 25.2 Å². The van der Waals surface area contributed by atoms with Crippen LogP contribution in [0, 0.1) is 17.2 Å². The molecule has 3 aromatic rings. The summed E-state index contributed by atoms with van der Waals surface area (Å²) < 4.78 is 113. The predicted octanol–water partition coefficient (Wildman–Crippen LogP) is 5.76. The molecule has 10 nitrogen and oxygen atoms in total. The Morgan fingerprint density at radius 2 is 1.78 bits per heavy atom. The highest BCUT2D eigenvalue weighted by atomic mass is 19.4. The van der Waals surface area contributed by atoms with Crippen molar-refractivity contribution in [2.45, 2.75) is 63.5 Å². The van der Waals surface area contributed by atoms with Crippen LogP contribution in [-0.2, 0) is 24.6 Å². The molecule has 1 aromatic carbocycles. The van der Waals surface area contributed by atoms with E-state index in [1.54, 1.807) is 6.07 Å². The highest BCUT2D eigenvalue weighted by Crippen LogP contribution is 2.39. The predicted molar refractivity (Wildman–Crippen MR) is 146 cm³/mol. The number of anilines is 2. The summed E-state index contributed by atoms with van der Waals surface area (Å²) in [5.74, 6) is -3.71. The number of nitrogens with zero attached hydrogens (tertiary/aromatic N) is 4. The van der Waals surface area contributed by atoms with E-state index in [-0.39, 0.29) is 60.5 Å². The van der Waals surface area contributed by atoms with Crippen molar-refractivity contribution in [3.63, 3.8) is 0 Å². The Labute approximate surface area is 256 Å². The smallest absolute Gasteiger partial charge is 0.418 e. The van der Waals surface area contributed by atoms with Gasteiger partial charge in [-0.15, -0.1) is 0 Å². The lowest BCUT2D eigenvalue weighted by molar-refractivity contribution is -0.182. The zero-order valence-electron chi connectivity index (χ0n) is 24.0. The molecule has 2 heterocycles. The maximum atomic E-state index is 13.9. The number of imidazole rings is 1. The Hall–Kier alpha value is -4.69. The number of halogens is 8. The van der Waals surface area contributed by atoms with Gasteiger partial charge in [0.25, 0.3) is 12.3 Å². The number of carbonyl (C=O) groups excluding carboxylic acids is 2. The summed E-state index contributed by atoms with van der Waals surface area (Å²) in [6.45, 7) is -1.33. The number of aromatic nitrogens is 3. The first-order valence-corrected chi connectivity index (χ1v) is 13.8. The number of pyridine rings is 1. The second-order valence-corrected chi connectivity index (χ2v) is 10.6. The Balaban J connectivity index is 1.64. The highest BCUT2D eigenvalue weighted by molar-refractivity contribution is 5.99. The van der Waals surface area contributed by atoms with Gasteiger partial charge in [0, 0.05) is 19.6 Å². The van der Waals surface area contributed by atoms with Crippen LogP contribution in [-0.4, -0.2) is 51.6 Å². The van der Waals surface area contributed by atoms with Crippen LogP contribution in [0.25, 0.3) is 11.2 Å². The molecule has 0 spiro atoms. The van der Waals surface area contributed by atoms with Gasteiger partial charge in [0.05, 0.1) is 23.2 Å². The molecule has 0 radical (unpaired) electrons. The van der Waals surface area contributed by atoms with Crippen LogP contribution in [0.2, 0.25) is 0 Å². The third-order valence-corrected chi connectivity index (χ3v) is 7.29. The lowest BCUT2D eigenvalue weighted by Crippen LogP contribution is -2.40. The lowest BCUT2D eigenvalue weighted by atomic mass is 9.85. The number of benzene rings is 1. The number of carbonyl (C=O) groups is 2. The van der Waals surface area contributed by atoms with E-state index in [1.165, 1.54) is 11.6 Å². The summed E-state index contributed by atoms with van der Waals surface area (Å²) in [5, 5.41) is 16.2. The standard InChI is InChI=1S/C28H27F8N7O3/c1-43-23-20(41-26(43)40-19-10-14(12-38-22(44)8-9-37)2-7-18(19)28(34,35)36)11-17(25(42-23)46-13-21(29)30)24(45)39-16-5-3-15(4-6-16)27(31,32)33/h2,7,10-11,15-16,21H,3-6,8,12-13H2,1H3,(H,38,44)(H,39,45)(H,40,41)/t15-,16-. The van der Waals surface area contributed by atoms with Crippen molar-refractivity contribution in [2.75, 3.05) is 11.9 Å². The number of hydrogen-bond donors (Lipinski definition) is 3. The maximum Gasteiger partial charge on any atom is 0.418 e. The average Bonchev–Trinajstić information content (AvgIpc) is 3.27. The van der Waals surface area contributed by atoms with Gasteiger partial charge in [-0.25, -0.2) is 13.8 Å². The molecule has 18 heteroatoms. The SMILES string of the molecule is Cn1c(Nc2cc(CNC(=O)CC#N)ccc2C(F)(F)F)nc2cc(C(=O)N[C@H]3CC[C@H](C(F)(F)F)CC3)c(OCC(F)F)nc21. The molecule has 248 valence electrons. The van der Waals surface area contributed by atoms with Crippen molar-refractivity contribution in [3.8, 4) is 11.9 Å². The second kappa shape index (κ2) is 13.7. The van der Waals surface area contributed by atoms with E-state index in [9.17, 15) is 44.7 Å². The molecule has 1 saturated carbocycles. The number of amides is 2. The van der Waals surface area contributed by atoms with Crippen LogP contribution in [0.1, 0.15) is 53.6 Å². The van der Waals surface area contributed by atoms with E-state index in [2.05, 4.69) is 25.9 Å². The number of rotatable bonds is 10. The summed E-state index contributed by atoms with van der Waals surface area (Å²) in [7, 11) is 1.36. The van der Waals surface area contributed by atoms with Crippen LogP contribution in [0.4, 0.5) is 46.8 Å². The van der Waals surface area contributed by atoms with Gasteiger partial charge >= 0.3 is 12.4 Å². The van der Waals surface area contributed by atoms with Gasteiger partial charge in [-0.2, -0.15) is 36.6 Å². The van der Waals surface area contributed by atoms with Crippen LogP contribution in [0.3, 0.4) is 0 Å². The summed E-state index contributed by atoms with van der Waals surface area (Å²) in [4.78, 5) is 33.2. The lowest BCUT2D eigenvalue weighted by Gasteiger charge is -2.30. The quantitative estimate of drug-likeness (QED) is 0.236. The van der Waals surface area contributed by atoms with Crippen molar-refractivity contribution < 1.29 is 49.4 Å². The monoisotopic (exact) mass is 661 g/mol. The number of alkyl halides is 8. The number of aryl methyl sites for hydroxylation is 1. The van der Waals surface area contributed by atoms with Crippen LogP contribution < -0.4 is 20.7 Å². The first-order valence-electron chi connectivity index (χ1n) is 13.8. The average molecular weight is 662 g/mol. The van der Waals surface area contributed by atoms with Gasteiger partial charge in [0.15, 0.2) is 12.3 Å². The zero-order chi connectivity index (χ0) is 33.8. The van der Waals surface area contributed by atoms with Crippen molar-refractivity contribution >= 4 is 34.6 Å². The van der Waals surface area contributed by atoms with E-state index in [0.717, 1.165) is 24.3 Å².